The van der Waals surface area contributed by atoms with Gasteiger partial charge in [0, 0.05) is 18.5 Å². The van der Waals surface area contributed by atoms with Crippen molar-refractivity contribution in [3.05, 3.63) is 72.7 Å². The molecule has 0 spiro atoms. The molecule has 0 atom stereocenters. The fraction of sp³-hybridized carbons (Fsp3) is 0.360. The Morgan fingerprint density at radius 1 is 0.655 bits per heavy atom. The summed E-state index contributed by atoms with van der Waals surface area (Å²) in [6.07, 6.45) is 13.2. The Labute approximate surface area is 173 Å². The average molecular weight is 391 g/mol. The lowest BCUT2D eigenvalue weighted by Gasteiger charge is -2.11. The molecule has 29 heavy (non-hydrogen) atoms. The molecule has 0 saturated heterocycles. The molecule has 0 N–H and O–H groups in total. The second-order valence-electron chi connectivity index (χ2n) is 7.17. The molecule has 3 aromatic rings. The van der Waals surface area contributed by atoms with Crippen LogP contribution in [0.4, 0.5) is 0 Å². The van der Waals surface area contributed by atoms with E-state index in [9.17, 15) is 0 Å². The van der Waals surface area contributed by atoms with Crippen LogP contribution >= 0.6 is 0 Å². The molecule has 0 unspecified atom stereocenters. The molecule has 0 bridgehead atoms. The first-order valence-corrected chi connectivity index (χ1v) is 10.7. The maximum absolute atomic E-state index is 6.04. The van der Waals surface area contributed by atoms with Crippen LogP contribution in [0.3, 0.4) is 0 Å². The highest BCUT2D eigenvalue weighted by molar-refractivity contribution is 5.38. The lowest BCUT2D eigenvalue weighted by atomic mass is 10.1. The number of para-hydroxylation sites is 1. The molecule has 152 valence electrons. The summed E-state index contributed by atoms with van der Waals surface area (Å²) in [5.41, 5.74) is 0.912. The first-order chi connectivity index (χ1) is 14.3. The van der Waals surface area contributed by atoms with E-state index >= 15 is 0 Å². The van der Waals surface area contributed by atoms with Gasteiger partial charge in [-0.2, -0.15) is 0 Å². The third kappa shape index (κ3) is 7.22. The number of unbranched alkanes of at least 4 members (excludes halogenated alkanes) is 6. The van der Waals surface area contributed by atoms with Gasteiger partial charge in [-0.3, -0.25) is 4.98 Å². The highest BCUT2D eigenvalue weighted by Crippen LogP contribution is 2.28. The van der Waals surface area contributed by atoms with E-state index in [1.807, 2.05) is 54.6 Å². The number of aromatic nitrogens is 2. The van der Waals surface area contributed by atoms with Crippen molar-refractivity contribution in [1.82, 2.24) is 9.97 Å². The lowest BCUT2D eigenvalue weighted by Crippen LogP contribution is -1.98. The third-order valence-corrected chi connectivity index (χ3v) is 4.75. The number of aryl methyl sites for hydroxylation is 1. The smallest absolute Gasteiger partial charge is 0.241 e. The predicted octanol–water partition coefficient (Wildman–Crippen LogP) is 7.35. The van der Waals surface area contributed by atoms with Crippen LogP contribution in [-0.4, -0.2) is 9.97 Å². The SMILES string of the molecule is CCCCCCCCCc1nccnc1Oc1cccc(Oc2ccccc2)c1. The van der Waals surface area contributed by atoms with Gasteiger partial charge in [0.05, 0.1) is 0 Å². The molecule has 1 heterocycles. The Bertz CT molecular complexity index is 852. The van der Waals surface area contributed by atoms with Gasteiger partial charge in [-0.1, -0.05) is 69.7 Å². The molecule has 2 aromatic carbocycles. The number of nitrogens with zero attached hydrogens (tertiary/aromatic N) is 2. The molecule has 1 aromatic heterocycles. The first kappa shape index (κ1) is 20.8. The summed E-state index contributed by atoms with van der Waals surface area (Å²) in [6, 6.07) is 17.3. The highest BCUT2D eigenvalue weighted by atomic mass is 16.5. The summed E-state index contributed by atoms with van der Waals surface area (Å²) in [5.74, 6) is 2.80. The zero-order valence-electron chi connectivity index (χ0n) is 17.2. The van der Waals surface area contributed by atoms with Crippen LogP contribution in [0.25, 0.3) is 0 Å². The topological polar surface area (TPSA) is 44.2 Å². The molecule has 0 saturated carbocycles. The number of ether oxygens (including phenoxy) is 2. The average Bonchev–Trinajstić information content (AvgIpc) is 2.75. The van der Waals surface area contributed by atoms with Crippen molar-refractivity contribution in [1.29, 1.82) is 0 Å². The van der Waals surface area contributed by atoms with Gasteiger partial charge in [0.2, 0.25) is 5.88 Å². The maximum atomic E-state index is 6.04. The molecule has 0 aliphatic carbocycles. The molecule has 4 nitrogen and oxygen atoms in total. The fourth-order valence-electron chi connectivity index (χ4n) is 3.20. The van der Waals surface area contributed by atoms with Crippen LogP contribution in [0.1, 0.15) is 57.6 Å². The molecule has 4 heteroatoms. The first-order valence-electron chi connectivity index (χ1n) is 10.7. The van der Waals surface area contributed by atoms with Crippen LogP contribution in [0.15, 0.2) is 67.0 Å². The van der Waals surface area contributed by atoms with E-state index < -0.39 is 0 Å². The largest absolute Gasteiger partial charge is 0.457 e. The molecular weight excluding hydrogens is 360 g/mol. The van der Waals surface area contributed by atoms with Crippen molar-refractivity contribution in [3.8, 4) is 23.1 Å². The number of hydrogen-bond donors (Lipinski definition) is 0. The van der Waals surface area contributed by atoms with E-state index in [1.54, 1.807) is 12.4 Å². The molecular formula is C25H30N2O2. The Balaban J connectivity index is 1.55. The minimum absolute atomic E-state index is 0.579. The normalized spacial score (nSPS) is 10.7. The van der Waals surface area contributed by atoms with Gasteiger partial charge in [0.25, 0.3) is 0 Å². The predicted molar refractivity (Wildman–Crippen MR) is 117 cm³/mol. The summed E-state index contributed by atoms with van der Waals surface area (Å²) in [6.45, 7) is 2.25. The second-order valence-corrected chi connectivity index (χ2v) is 7.17. The molecule has 0 radical (unpaired) electrons. The molecule has 0 aliphatic heterocycles. The minimum atomic E-state index is 0.579. The van der Waals surface area contributed by atoms with Crippen molar-refractivity contribution in [2.24, 2.45) is 0 Å². The van der Waals surface area contributed by atoms with E-state index in [2.05, 4.69) is 16.9 Å². The second kappa shape index (κ2) is 11.8. The summed E-state index contributed by atoms with van der Waals surface area (Å²) in [4.78, 5) is 8.90. The van der Waals surface area contributed by atoms with Crippen LogP contribution < -0.4 is 9.47 Å². The van der Waals surface area contributed by atoms with Crippen molar-refractivity contribution in [3.63, 3.8) is 0 Å². The van der Waals surface area contributed by atoms with E-state index in [0.717, 1.165) is 30.0 Å². The Morgan fingerprint density at radius 3 is 2.10 bits per heavy atom. The summed E-state index contributed by atoms with van der Waals surface area (Å²) < 4.78 is 11.9. The Kier molecular flexibility index (Phi) is 8.52. The maximum Gasteiger partial charge on any atom is 0.241 e. The molecule has 3 rings (SSSR count). The summed E-state index contributed by atoms with van der Waals surface area (Å²) in [7, 11) is 0. The van der Waals surface area contributed by atoms with Gasteiger partial charge in [-0.05, 0) is 37.1 Å². The van der Waals surface area contributed by atoms with Crippen molar-refractivity contribution >= 4 is 0 Å². The van der Waals surface area contributed by atoms with Crippen molar-refractivity contribution in [2.45, 2.75) is 58.3 Å². The van der Waals surface area contributed by atoms with Crippen LogP contribution in [0, 0.1) is 0 Å². The monoisotopic (exact) mass is 390 g/mol. The van der Waals surface area contributed by atoms with Crippen LogP contribution in [0.5, 0.6) is 23.1 Å². The van der Waals surface area contributed by atoms with Crippen molar-refractivity contribution in [2.75, 3.05) is 0 Å². The van der Waals surface area contributed by atoms with Crippen molar-refractivity contribution < 1.29 is 9.47 Å². The molecule has 0 aliphatic rings. The number of benzene rings is 2. The van der Waals surface area contributed by atoms with Crippen LogP contribution in [-0.2, 0) is 6.42 Å². The van der Waals surface area contributed by atoms with E-state index in [-0.39, 0.29) is 0 Å². The Morgan fingerprint density at radius 2 is 1.31 bits per heavy atom. The lowest BCUT2D eigenvalue weighted by molar-refractivity contribution is 0.439. The summed E-state index contributed by atoms with van der Waals surface area (Å²) in [5, 5.41) is 0. The van der Waals surface area contributed by atoms with E-state index in [0.29, 0.717) is 11.6 Å². The minimum Gasteiger partial charge on any atom is -0.457 e. The zero-order chi connectivity index (χ0) is 20.2. The fourth-order valence-corrected chi connectivity index (χ4v) is 3.20. The molecule has 0 fully saturated rings. The van der Waals surface area contributed by atoms with Gasteiger partial charge in [0.15, 0.2) is 0 Å². The summed E-state index contributed by atoms with van der Waals surface area (Å²) >= 11 is 0. The number of rotatable bonds is 12. The Hall–Kier alpha value is -2.88. The van der Waals surface area contributed by atoms with Gasteiger partial charge < -0.3 is 9.47 Å². The van der Waals surface area contributed by atoms with Gasteiger partial charge in [0.1, 0.15) is 22.9 Å². The van der Waals surface area contributed by atoms with E-state index in [4.69, 9.17) is 9.47 Å². The van der Waals surface area contributed by atoms with Gasteiger partial charge in [-0.25, -0.2) is 4.98 Å². The van der Waals surface area contributed by atoms with Gasteiger partial charge >= 0.3 is 0 Å². The van der Waals surface area contributed by atoms with Gasteiger partial charge in [-0.15, -0.1) is 0 Å². The third-order valence-electron chi connectivity index (χ3n) is 4.75. The molecule has 0 amide bonds. The highest BCUT2D eigenvalue weighted by Gasteiger charge is 2.09. The number of hydrogen-bond acceptors (Lipinski definition) is 4. The zero-order valence-corrected chi connectivity index (χ0v) is 17.2. The quantitative estimate of drug-likeness (QED) is 0.303. The van der Waals surface area contributed by atoms with Crippen LogP contribution in [0.2, 0.25) is 0 Å². The van der Waals surface area contributed by atoms with E-state index in [1.165, 1.54) is 38.5 Å². The standard InChI is InChI=1S/C25H30N2O2/c1-2-3-4-5-6-7-11-17-24-25(27-19-18-26-24)29-23-16-12-15-22(20-23)28-21-13-9-8-10-14-21/h8-10,12-16,18-20H,2-7,11,17H2,1H3.